The van der Waals surface area contributed by atoms with E-state index in [9.17, 15) is 9.59 Å². The minimum atomic E-state index is -0.332. The van der Waals surface area contributed by atoms with E-state index in [1.165, 1.54) is 7.11 Å². The van der Waals surface area contributed by atoms with Gasteiger partial charge in [0.25, 0.3) is 11.8 Å². The third-order valence-electron chi connectivity index (χ3n) is 4.68. The SMILES string of the molecule is COc1cc(N2Cc3ccccc3C2=O)ccc1NC(=O)c1ccccc1Cl. The average Bonchev–Trinajstić information content (AvgIpc) is 3.05. The van der Waals surface area contributed by atoms with Crippen LogP contribution in [0, 0.1) is 0 Å². The topological polar surface area (TPSA) is 58.6 Å². The van der Waals surface area contributed by atoms with E-state index in [4.69, 9.17) is 16.3 Å². The van der Waals surface area contributed by atoms with E-state index in [0.29, 0.717) is 39.8 Å². The number of hydrogen-bond acceptors (Lipinski definition) is 3. The molecule has 140 valence electrons. The molecule has 4 rings (SSSR count). The summed E-state index contributed by atoms with van der Waals surface area (Å²) in [5, 5.41) is 3.18. The van der Waals surface area contributed by atoms with E-state index in [1.54, 1.807) is 47.4 Å². The second-order valence-corrected chi connectivity index (χ2v) is 6.77. The van der Waals surface area contributed by atoms with Crippen molar-refractivity contribution >= 4 is 34.8 Å². The molecular formula is C22H17ClN2O3. The lowest BCUT2D eigenvalue weighted by atomic mass is 10.1. The van der Waals surface area contributed by atoms with Crippen molar-refractivity contribution in [2.45, 2.75) is 6.54 Å². The predicted molar refractivity (Wildman–Crippen MR) is 109 cm³/mol. The smallest absolute Gasteiger partial charge is 0.258 e. The highest BCUT2D eigenvalue weighted by Crippen LogP contribution is 2.34. The van der Waals surface area contributed by atoms with Gasteiger partial charge in [-0.25, -0.2) is 0 Å². The van der Waals surface area contributed by atoms with Gasteiger partial charge in [0.15, 0.2) is 0 Å². The predicted octanol–water partition coefficient (Wildman–Crippen LogP) is 4.76. The van der Waals surface area contributed by atoms with Gasteiger partial charge in [-0.2, -0.15) is 0 Å². The second-order valence-electron chi connectivity index (χ2n) is 6.37. The Balaban J connectivity index is 1.60. The van der Waals surface area contributed by atoms with Crippen LogP contribution >= 0.6 is 11.6 Å². The van der Waals surface area contributed by atoms with Gasteiger partial charge in [0, 0.05) is 17.3 Å². The fourth-order valence-corrected chi connectivity index (χ4v) is 3.47. The zero-order valence-corrected chi connectivity index (χ0v) is 15.9. The number of methoxy groups -OCH3 is 1. The first-order chi connectivity index (χ1) is 13.6. The minimum Gasteiger partial charge on any atom is -0.494 e. The van der Waals surface area contributed by atoms with Crippen molar-refractivity contribution < 1.29 is 14.3 Å². The molecule has 6 heteroatoms. The molecule has 0 saturated heterocycles. The zero-order valence-electron chi connectivity index (χ0n) is 15.1. The number of nitrogens with one attached hydrogen (secondary N) is 1. The number of nitrogens with zero attached hydrogens (tertiary/aromatic N) is 1. The zero-order chi connectivity index (χ0) is 19.7. The number of hydrogen-bond donors (Lipinski definition) is 1. The standard InChI is InChI=1S/C22H17ClN2O3/c1-28-20-12-15(25-13-14-6-2-3-7-16(14)22(25)27)10-11-19(20)24-21(26)17-8-4-5-9-18(17)23/h2-12H,13H2,1H3,(H,24,26). The summed E-state index contributed by atoms with van der Waals surface area (Å²) in [5.41, 5.74) is 3.27. The molecule has 0 spiro atoms. The molecule has 28 heavy (non-hydrogen) atoms. The lowest BCUT2D eigenvalue weighted by Crippen LogP contribution is -2.23. The molecule has 0 bridgehead atoms. The summed E-state index contributed by atoms with van der Waals surface area (Å²) >= 11 is 6.09. The number of carbonyl (C=O) groups is 2. The average molecular weight is 393 g/mol. The Labute approximate surface area is 167 Å². The Bertz CT molecular complexity index is 1080. The molecule has 0 atom stereocenters. The van der Waals surface area contributed by atoms with Crippen LogP contribution in [0.3, 0.4) is 0 Å². The maximum absolute atomic E-state index is 12.7. The van der Waals surface area contributed by atoms with Crippen molar-refractivity contribution in [1.82, 2.24) is 0 Å². The van der Waals surface area contributed by atoms with Gasteiger partial charge in [-0.15, -0.1) is 0 Å². The molecule has 0 fully saturated rings. The van der Waals surface area contributed by atoms with Crippen LogP contribution < -0.4 is 15.0 Å². The van der Waals surface area contributed by atoms with Crippen LogP contribution in [-0.2, 0) is 6.54 Å². The highest BCUT2D eigenvalue weighted by atomic mass is 35.5. The maximum atomic E-state index is 12.7. The maximum Gasteiger partial charge on any atom is 0.258 e. The van der Waals surface area contributed by atoms with E-state index in [2.05, 4.69) is 5.32 Å². The number of halogens is 1. The number of rotatable bonds is 4. The van der Waals surface area contributed by atoms with E-state index in [-0.39, 0.29) is 11.8 Å². The van der Waals surface area contributed by atoms with Crippen LogP contribution in [0.25, 0.3) is 0 Å². The van der Waals surface area contributed by atoms with Crippen LogP contribution in [0.5, 0.6) is 5.75 Å². The first-order valence-corrected chi connectivity index (χ1v) is 9.10. The normalized spacial score (nSPS) is 12.6. The largest absolute Gasteiger partial charge is 0.494 e. The summed E-state index contributed by atoms with van der Waals surface area (Å²) in [6.07, 6.45) is 0. The van der Waals surface area contributed by atoms with E-state index in [0.717, 1.165) is 5.56 Å². The van der Waals surface area contributed by atoms with E-state index >= 15 is 0 Å². The Morgan fingerprint density at radius 3 is 2.57 bits per heavy atom. The molecule has 3 aromatic carbocycles. The molecule has 0 unspecified atom stereocenters. The summed E-state index contributed by atoms with van der Waals surface area (Å²) in [6, 6.07) is 19.6. The second kappa shape index (κ2) is 7.37. The highest BCUT2D eigenvalue weighted by molar-refractivity contribution is 6.34. The Morgan fingerprint density at radius 1 is 1.07 bits per heavy atom. The van der Waals surface area contributed by atoms with Crippen molar-refractivity contribution in [3.05, 3.63) is 88.4 Å². The lowest BCUT2D eigenvalue weighted by Gasteiger charge is -2.18. The Morgan fingerprint density at radius 2 is 1.82 bits per heavy atom. The molecule has 1 aliphatic rings. The van der Waals surface area contributed by atoms with E-state index < -0.39 is 0 Å². The van der Waals surface area contributed by atoms with Crippen molar-refractivity contribution in [1.29, 1.82) is 0 Å². The van der Waals surface area contributed by atoms with Crippen LogP contribution in [0.15, 0.2) is 66.7 Å². The minimum absolute atomic E-state index is 0.0505. The van der Waals surface area contributed by atoms with Gasteiger partial charge in [0.1, 0.15) is 5.75 Å². The van der Waals surface area contributed by atoms with Crippen molar-refractivity contribution in [3.8, 4) is 5.75 Å². The molecule has 3 aromatic rings. The molecule has 1 N–H and O–H groups in total. The molecule has 0 saturated carbocycles. The molecule has 0 aromatic heterocycles. The lowest BCUT2D eigenvalue weighted by molar-refractivity contribution is 0.0994. The molecule has 1 heterocycles. The number of carbonyl (C=O) groups excluding carboxylic acids is 2. The van der Waals surface area contributed by atoms with Crippen molar-refractivity contribution in [2.24, 2.45) is 0 Å². The molecule has 2 amide bonds. The molecule has 5 nitrogen and oxygen atoms in total. The van der Waals surface area contributed by atoms with Gasteiger partial charge in [0.2, 0.25) is 0 Å². The van der Waals surface area contributed by atoms with Crippen LogP contribution in [0.4, 0.5) is 11.4 Å². The monoisotopic (exact) mass is 392 g/mol. The van der Waals surface area contributed by atoms with Gasteiger partial charge in [-0.1, -0.05) is 41.9 Å². The molecule has 1 aliphatic heterocycles. The van der Waals surface area contributed by atoms with Gasteiger partial charge in [0.05, 0.1) is 29.9 Å². The first kappa shape index (κ1) is 18.1. The summed E-state index contributed by atoms with van der Waals surface area (Å²) in [4.78, 5) is 26.9. The third-order valence-corrected chi connectivity index (χ3v) is 5.01. The summed E-state index contributed by atoms with van der Waals surface area (Å²) < 4.78 is 5.44. The van der Waals surface area contributed by atoms with Gasteiger partial charge in [-0.3, -0.25) is 9.59 Å². The Hall–Kier alpha value is -3.31. The Kier molecular flexibility index (Phi) is 4.75. The fraction of sp³-hybridized carbons (Fsp3) is 0.0909. The number of anilines is 2. The first-order valence-electron chi connectivity index (χ1n) is 8.72. The summed E-state index contributed by atoms with van der Waals surface area (Å²) in [6.45, 7) is 0.503. The van der Waals surface area contributed by atoms with Crippen molar-refractivity contribution in [3.63, 3.8) is 0 Å². The molecule has 0 aliphatic carbocycles. The number of benzene rings is 3. The molecular weight excluding hydrogens is 376 g/mol. The van der Waals surface area contributed by atoms with Gasteiger partial charge in [-0.05, 0) is 35.9 Å². The van der Waals surface area contributed by atoms with Crippen LogP contribution in [0.1, 0.15) is 26.3 Å². The fourth-order valence-electron chi connectivity index (χ4n) is 3.25. The van der Waals surface area contributed by atoms with E-state index in [1.807, 2.05) is 24.3 Å². The summed E-state index contributed by atoms with van der Waals surface area (Å²) in [7, 11) is 1.52. The summed E-state index contributed by atoms with van der Waals surface area (Å²) in [5.74, 6) is 0.0773. The van der Waals surface area contributed by atoms with Crippen molar-refractivity contribution in [2.75, 3.05) is 17.3 Å². The highest BCUT2D eigenvalue weighted by Gasteiger charge is 2.28. The number of ether oxygens (including phenoxy) is 1. The van der Waals surface area contributed by atoms with Crippen LogP contribution in [0.2, 0.25) is 5.02 Å². The van der Waals surface area contributed by atoms with Crippen LogP contribution in [-0.4, -0.2) is 18.9 Å². The third kappa shape index (κ3) is 3.21. The quantitative estimate of drug-likeness (QED) is 0.696. The van der Waals surface area contributed by atoms with Gasteiger partial charge >= 0.3 is 0 Å². The van der Waals surface area contributed by atoms with Gasteiger partial charge < -0.3 is 15.0 Å². The molecule has 0 radical (unpaired) electrons. The number of fused-ring (bicyclic) bond motifs is 1. The number of amides is 2.